The van der Waals surface area contributed by atoms with Crippen LogP contribution in [0.3, 0.4) is 0 Å². The zero-order chi connectivity index (χ0) is 38.4. The van der Waals surface area contributed by atoms with Crippen LogP contribution >= 0.6 is 0 Å². The Kier molecular flexibility index (Phi) is 8.21. The van der Waals surface area contributed by atoms with E-state index in [2.05, 4.69) is 138 Å². The molecule has 7 aromatic carbocycles. The summed E-state index contributed by atoms with van der Waals surface area (Å²) in [6.45, 7) is 0. The molecule has 5 nitrogen and oxygen atoms in total. The van der Waals surface area contributed by atoms with Gasteiger partial charge in [-0.3, -0.25) is 0 Å². The number of rotatable bonds is 6. The van der Waals surface area contributed by atoms with E-state index in [4.69, 9.17) is 19.4 Å². The van der Waals surface area contributed by atoms with Crippen molar-refractivity contribution in [2.45, 2.75) is 12.8 Å². The molecule has 1 aliphatic heterocycles. The van der Waals surface area contributed by atoms with Gasteiger partial charge < -0.3 is 9.32 Å². The van der Waals surface area contributed by atoms with E-state index in [0.29, 0.717) is 17.5 Å². The summed E-state index contributed by atoms with van der Waals surface area (Å²) in [7, 11) is 0. The van der Waals surface area contributed by atoms with Crippen molar-refractivity contribution in [3.05, 3.63) is 205 Å². The summed E-state index contributed by atoms with van der Waals surface area (Å²) in [6, 6.07) is 58.9. The summed E-state index contributed by atoms with van der Waals surface area (Å²) >= 11 is 0. The van der Waals surface area contributed by atoms with Gasteiger partial charge in [-0.15, -0.1) is 0 Å². The molecule has 58 heavy (non-hydrogen) atoms. The molecule has 3 heterocycles. The normalized spacial score (nSPS) is 13.5. The first-order valence-electron chi connectivity index (χ1n) is 19.7. The Hall–Kier alpha value is -7.63. The van der Waals surface area contributed by atoms with E-state index < -0.39 is 0 Å². The molecule has 0 N–H and O–H groups in total. The molecule has 0 radical (unpaired) electrons. The highest BCUT2D eigenvalue weighted by Gasteiger charge is 2.26. The van der Waals surface area contributed by atoms with E-state index in [1.165, 1.54) is 22.5 Å². The summed E-state index contributed by atoms with van der Waals surface area (Å²) < 4.78 is 6.80. The second-order valence-corrected chi connectivity index (χ2v) is 14.7. The lowest BCUT2D eigenvalue weighted by molar-refractivity contribution is 0.670. The van der Waals surface area contributed by atoms with Crippen LogP contribution in [0.5, 0.6) is 0 Å². The van der Waals surface area contributed by atoms with Crippen molar-refractivity contribution < 1.29 is 4.42 Å². The third kappa shape index (κ3) is 5.92. The number of aromatic nitrogens is 3. The molecule has 9 aromatic rings. The van der Waals surface area contributed by atoms with Crippen LogP contribution < -0.4 is 4.90 Å². The molecular formula is C53H36N4O. The third-order valence-corrected chi connectivity index (χ3v) is 11.2. The first-order chi connectivity index (χ1) is 28.7. The van der Waals surface area contributed by atoms with E-state index in [0.717, 1.165) is 79.4 Å². The van der Waals surface area contributed by atoms with E-state index in [1.54, 1.807) is 0 Å². The van der Waals surface area contributed by atoms with Gasteiger partial charge in [-0.05, 0) is 65.4 Å². The maximum atomic E-state index is 6.80. The van der Waals surface area contributed by atoms with Crippen molar-refractivity contribution in [3.8, 4) is 56.4 Å². The van der Waals surface area contributed by atoms with Crippen LogP contribution in [0, 0.1) is 0 Å². The Balaban J connectivity index is 0.970. The minimum absolute atomic E-state index is 0.636. The molecular weight excluding hydrogens is 709 g/mol. The van der Waals surface area contributed by atoms with Crippen molar-refractivity contribution in [1.82, 2.24) is 15.0 Å². The number of hydrogen-bond acceptors (Lipinski definition) is 5. The fourth-order valence-corrected chi connectivity index (χ4v) is 8.37. The number of para-hydroxylation sites is 2. The molecule has 11 rings (SSSR count). The quantitative estimate of drug-likeness (QED) is 0.170. The fourth-order valence-electron chi connectivity index (χ4n) is 8.37. The van der Waals surface area contributed by atoms with Crippen molar-refractivity contribution in [2.24, 2.45) is 0 Å². The Labute approximate surface area is 336 Å². The molecule has 1 aliphatic carbocycles. The van der Waals surface area contributed by atoms with E-state index in [-0.39, 0.29) is 0 Å². The molecule has 0 spiro atoms. The number of allylic oxidation sites excluding steroid dienone is 5. The number of benzene rings is 7. The average molecular weight is 745 g/mol. The highest BCUT2D eigenvalue weighted by atomic mass is 16.3. The summed E-state index contributed by atoms with van der Waals surface area (Å²) in [5, 5.41) is 2.24. The predicted molar refractivity (Wildman–Crippen MR) is 237 cm³/mol. The van der Waals surface area contributed by atoms with E-state index in [1.807, 2.05) is 60.7 Å². The van der Waals surface area contributed by atoms with E-state index in [9.17, 15) is 0 Å². The molecule has 0 fully saturated rings. The highest BCUT2D eigenvalue weighted by Crippen LogP contribution is 2.46. The van der Waals surface area contributed by atoms with Crippen LogP contribution in [0.4, 0.5) is 11.4 Å². The Morgan fingerprint density at radius 2 is 1.09 bits per heavy atom. The number of hydrogen-bond donors (Lipinski definition) is 0. The maximum Gasteiger partial charge on any atom is 0.164 e. The summed E-state index contributed by atoms with van der Waals surface area (Å²) in [5.74, 6) is 1.93. The largest absolute Gasteiger partial charge is 0.455 e. The zero-order valence-electron chi connectivity index (χ0n) is 31.6. The molecule has 0 bridgehead atoms. The van der Waals surface area contributed by atoms with Gasteiger partial charge >= 0.3 is 0 Å². The first-order valence-corrected chi connectivity index (χ1v) is 19.7. The lowest BCUT2D eigenvalue weighted by Crippen LogP contribution is -2.19. The number of furan rings is 1. The van der Waals surface area contributed by atoms with Gasteiger partial charge in [0.2, 0.25) is 0 Å². The van der Waals surface area contributed by atoms with Gasteiger partial charge in [0.25, 0.3) is 0 Å². The summed E-state index contributed by atoms with van der Waals surface area (Å²) in [4.78, 5) is 17.2. The van der Waals surface area contributed by atoms with Gasteiger partial charge in [0, 0.05) is 50.0 Å². The Bertz CT molecular complexity index is 3030. The van der Waals surface area contributed by atoms with Crippen molar-refractivity contribution in [1.29, 1.82) is 0 Å². The molecule has 5 heteroatoms. The third-order valence-electron chi connectivity index (χ3n) is 11.2. The van der Waals surface area contributed by atoms with Gasteiger partial charge in [-0.1, -0.05) is 164 Å². The molecule has 0 saturated carbocycles. The number of anilines is 2. The second kappa shape index (κ2) is 14.1. The highest BCUT2D eigenvalue weighted by molar-refractivity contribution is 6.15. The smallest absolute Gasteiger partial charge is 0.164 e. The lowest BCUT2D eigenvalue weighted by atomic mass is 9.96. The van der Waals surface area contributed by atoms with Crippen molar-refractivity contribution in [2.75, 3.05) is 4.90 Å². The van der Waals surface area contributed by atoms with Gasteiger partial charge in [0.05, 0.1) is 5.69 Å². The maximum absolute atomic E-state index is 6.80. The summed E-state index contributed by atoms with van der Waals surface area (Å²) in [5.41, 5.74) is 15.0. The minimum Gasteiger partial charge on any atom is -0.455 e. The fraction of sp³-hybridized carbons (Fsp3) is 0.0377. The van der Waals surface area contributed by atoms with Gasteiger partial charge in [0.15, 0.2) is 17.5 Å². The average Bonchev–Trinajstić information content (AvgIpc) is 3.60. The molecule has 0 saturated heterocycles. The molecule has 0 unspecified atom stereocenters. The van der Waals surface area contributed by atoms with Crippen LogP contribution in [-0.2, 0) is 0 Å². The second-order valence-electron chi connectivity index (χ2n) is 14.7. The molecule has 274 valence electrons. The predicted octanol–water partition coefficient (Wildman–Crippen LogP) is 13.9. The first kappa shape index (κ1) is 33.7. The van der Waals surface area contributed by atoms with Crippen molar-refractivity contribution in [3.63, 3.8) is 0 Å². The SMILES string of the molecule is C1=CC2=C(CC1)N(c1ccccc1)c1ccc3oc4c(-c5cccc(-c6ccc(-c7nc(-c8ccccc8)nc(-c8ccccc8)n7)cc6)c5)cccc4c3c1C=C2. The Morgan fingerprint density at radius 3 is 1.79 bits per heavy atom. The van der Waals surface area contributed by atoms with Crippen LogP contribution in [0.25, 0.3) is 84.4 Å². The molecule has 0 atom stereocenters. The van der Waals surface area contributed by atoms with Crippen LogP contribution in [0.2, 0.25) is 0 Å². The number of nitrogens with zero attached hydrogens (tertiary/aromatic N) is 4. The standard InChI is InChI=1S/C53H36N4O/c1-4-15-37(16-5-1)51-54-52(38-17-6-2-7-18-38)56-53(55-51)39-28-26-35(27-29-39)40-19-12-20-41(34-40)43-23-13-24-45-49-44-31-30-36-14-10-11-25-46(36)57(42-21-8-3-9-22-42)47(44)32-33-48(49)58-50(43)45/h1-10,12-24,26-34H,11,25H2. The minimum atomic E-state index is 0.636. The van der Waals surface area contributed by atoms with Gasteiger partial charge in [0.1, 0.15) is 11.2 Å². The van der Waals surface area contributed by atoms with Gasteiger partial charge in [-0.2, -0.15) is 0 Å². The molecule has 0 amide bonds. The lowest BCUT2D eigenvalue weighted by Gasteiger charge is -2.30. The van der Waals surface area contributed by atoms with Gasteiger partial charge in [-0.25, -0.2) is 15.0 Å². The zero-order valence-corrected chi connectivity index (χ0v) is 31.6. The summed E-state index contributed by atoms with van der Waals surface area (Å²) in [6.07, 6.45) is 11.1. The monoisotopic (exact) mass is 744 g/mol. The van der Waals surface area contributed by atoms with Crippen molar-refractivity contribution >= 4 is 39.4 Å². The van der Waals surface area contributed by atoms with Crippen LogP contribution in [-0.4, -0.2) is 15.0 Å². The Morgan fingerprint density at radius 1 is 0.483 bits per heavy atom. The van der Waals surface area contributed by atoms with Crippen LogP contribution in [0.15, 0.2) is 204 Å². The van der Waals surface area contributed by atoms with E-state index >= 15 is 0 Å². The van der Waals surface area contributed by atoms with Crippen LogP contribution in [0.1, 0.15) is 18.4 Å². The molecule has 2 aromatic heterocycles. The topological polar surface area (TPSA) is 55.1 Å². The molecule has 2 aliphatic rings. The number of fused-ring (bicyclic) bond motifs is 5.